The number of β-amino-alcohol motifs (C(OH)–C–C–N with tert-alkyl or cyclic N) is 1. The third kappa shape index (κ3) is 2.97. The highest BCUT2D eigenvalue weighted by atomic mass is 16.5. The Morgan fingerprint density at radius 2 is 2.13 bits per heavy atom. The van der Waals surface area contributed by atoms with Gasteiger partial charge in [-0.05, 0) is 49.6 Å². The number of nitrogens with one attached hydrogen (secondary N) is 1. The van der Waals surface area contributed by atoms with Crippen molar-refractivity contribution in [2.75, 3.05) is 13.7 Å². The molecule has 2 N–H and O–H groups in total. The number of aromatic amines is 1. The molecule has 3 rings (SSSR count). The normalized spacial score (nSPS) is 20.8. The molecule has 1 aliphatic rings. The standard InChI is InChI=1S/C18H22N2O3/c1-11-7-12(2)19-17(11)18(22)20-10-14(21)9-16(20)13-5-4-6-15(8-13)23-3/h4-8,14,16,19,21H,9-10H2,1-3H3/t14-,16+/m0/s1. The highest BCUT2D eigenvalue weighted by Crippen LogP contribution is 2.35. The topological polar surface area (TPSA) is 65.6 Å². The Morgan fingerprint density at radius 3 is 2.78 bits per heavy atom. The van der Waals surface area contributed by atoms with Crippen LogP contribution in [0.5, 0.6) is 5.75 Å². The summed E-state index contributed by atoms with van der Waals surface area (Å²) in [6, 6.07) is 9.50. The van der Waals surface area contributed by atoms with Gasteiger partial charge in [0, 0.05) is 12.2 Å². The fourth-order valence-corrected chi connectivity index (χ4v) is 3.30. The summed E-state index contributed by atoms with van der Waals surface area (Å²) in [7, 11) is 1.62. The minimum absolute atomic E-state index is 0.0695. The van der Waals surface area contributed by atoms with Gasteiger partial charge in [-0.25, -0.2) is 0 Å². The van der Waals surface area contributed by atoms with E-state index >= 15 is 0 Å². The van der Waals surface area contributed by atoms with Crippen LogP contribution >= 0.6 is 0 Å². The van der Waals surface area contributed by atoms with Crippen molar-refractivity contribution in [3.05, 3.63) is 52.8 Å². The molecule has 1 aliphatic heterocycles. The van der Waals surface area contributed by atoms with E-state index in [0.29, 0.717) is 18.7 Å². The van der Waals surface area contributed by atoms with Crippen LogP contribution < -0.4 is 4.74 Å². The number of carbonyl (C=O) groups is 1. The Kier molecular flexibility index (Phi) is 4.13. The first-order valence-electron chi connectivity index (χ1n) is 7.78. The third-order valence-corrected chi connectivity index (χ3v) is 4.38. The van der Waals surface area contributed by atoms with Gasteiger partial charge in [-0.15, -0.1) is 0 Å². The second kappa shape index (κ2) is 6.08. The van der Waals surface area contributed by atoms with Crippen molar-refractivity contribution in [2.24, 2.45) is 0 Å². The Morgan fingerprint density at radius 1 is 1.35 bits per heavy atom. The number of carbonyl (C=O) groups excluding carboxylic acids is 1. The second-order valence-corrected chi connectivity index (χ2v) is 6.15. The van der Waals surface area contributed by atoms with Gasteiger partial charge in [0.05, 0.1) is 19.3 Å². The number of nitrogens with zero attached hydrogens (tertiary/aromatic N) is 1. The van der Waals surface area contributed by atoms with Crippen molar-refractivity contribution in [1.29, 1.82) is 0 Å². The number of aryl methyl sites for hydroxylation is 2. The monoisotopic (exact) mass is 314 g/mol. The van der Waals surface area contributed by atoms with Gasteiger partial charge in [0.15, 0.2) is 0 Å². The Hall–Kier alpha value is -2.27. The molecule has 0 bridgehead atoms. The van der Waals surface area contributed by atoms with Gasteiger partial charge in [-0.1, -0.05) is 12.1 Å². The Labute approximate surface area is 135 Å². The first kappa shape index (κ1) is 15.6. The van der Waals surface area contributed by atoms with Crippen LogP contribution in [0.2, 0.25) is 0 Å². The predicted molar refractivity (Wildman–Crippen MR) is 87.7 cm³/mol. The number of rotatable bonds is 3. The van der Waals surface area contributed by atoms with E-state index in [1.165, 1.54) is 0 Å². The summed E-state index contributed by atoms with van der Waals surface area (Å²) in [6.45, 7) is 4.20. The van der Waals surface area contributed by atoms with E-state index in [9.17, 15) is 9.90 Å². The Balaban J connectivity index is 1.93. The molecular weight excluding hydrogens is 292 g/mol. The third-order valence-electron chi connectivity index (χ3n) is 4.38. The van der Waals surface area contributed by atoms with Gasteiger partial charge in [-0.2, -0.15) is 0 Å². The van der Waals surface area contributed by atoms with Crippen LogP contribution in [0.3, 0.4) is 0 Å². The SMILES string of the molecule is COc1cccc([C@H]2C[C@H](O)CN2C(=O)c2[nH]c(C)cc2C)c1. The van der Waals surface area contributed by atoms with E-state index in [1.807, 2.05) is 44.2 Å². The molecule has 0 aliphatic carbocycles. The average Bonchev–Trinajstić information content (AvgIpc) is 3.09. The molecule has 122 valence electrons. The van der Waals surface area contributed by atoms with E-state index in [-0.39, 0.29) is 11.9 Å². The Bertz CT molecular complexity index is 723. The largest absolute Gasteiger partial charge is 0.497 e. The summed E-state index contributed by atoms with van der Waals surface area (Å²) < 4.78 is 5.27. The van der Waals surface area contributed by atoms with Gasteiger partial charge in [0.25, 0.3) is 5.91 Å². The molecule has 2 aromatic rings. The number of hydrogen-bond acceptors (Lipinski definition) is 3. The first-order valence-corrected chi connectivity index (χ1v) is 7.78. The molecule has 0 spiro atoms. The van der Waals surface area contributed by atoms with E-state index in [1.54, 1.807) is 12.0 Å². The fourth-order valence-electron chi connectivity index (χ4n) is 3.30. The number of benzene rings is 1. The van der Waals surface area contributed by atoms with Crippen molar-refractivity contribution in [1.82, 2.24) is 9.88 Å². The molecule has 1 fully saturated rings. The first-order chi connectivity index (χ1) is 11.0. The van der Waals surface area contributed by atoms with Crippen LogP contribution in [0, 0.1) is 13.8 Å². The molecular formula is C18H22N2O3. The van der Waals surface area contributed by atoms with Crippen molar-refractivity contribution in [3.8, 4) is 5.75 Å². The van der Waals surface area contributed by atoms with Crippen molar-refractivity contribution in [3.63, 3.8) is 0 Å². The zero-order valence-electron chi connectivity index (χ0n) is 13.7. The number of H-pyrrole nitrogens is 1. The lowest BCUT2D eigenvalue weighted by atomic mass is 10.0. The van der Waals surface area contributed by atoms with E-state index < -0.39 is 6.10 Å². The number of methoxy groups -OCH3 is 1. The zero-order chi connectivity index (χ0) is 16.6. The van der Waals surface area contributed by atoms with Crippen LogP contribution in [0.1, 0.15) is 39.8 Å². The smallest absolute Gasteiger partial charge is 0.271 e. The lowest BCUT2D eigenvalue weighted by molar-refractivity contribution is 0.0709. The maximum atomic E-state index is 12.9. The molecule has 1 saturated heterocycles. The number of hydrogen-bond donors (Lipinski definition) is 2. The van der Waals surface area contributed by atoms with Gasteiger partial charge in [0.1, 0.15) is 11.4 Å². The number of ether oxygens (including phenoxy) is 1. The number of aliphatic hydroxyl groups is 1. The zero-order valence-corrected chi connectivity index (χ0v) is 13.7. The minimum Gasteiger partial charge on any atom is -0.497 e. The summed E-state index contributed by atoms with van der Waals surface area (Å²) in [6.07, 6.45) is 0.0315. The lowest BCUT2D eigenvalue weighted by Gasteiger charge is -2.25. The summed E-state index contributed by atoms with van der Waals surface area (Å²) in [5, 5.41) is 10.1. The van der Waals surface area contributed by atoms with Crippen molar-refractivity contribution >= 4 is 5.91 Å². The molecule has 1 aromatic carbocycles. The van der Waals surface area contributed by atoms with Gasteiger partial charge in [-0.3, -0.25) is 4.79 Å². The van der Waals surface area contributed by atoms with Crippen LogP contribution in [0.25, 0.3) is 0 Å². The average molecular weight is 314 g/mol. The summed E-state index contributed by atoms with van der Waals surface area (Å²) in [5.41, 5.74) is 3.47. The van der Waals surface area contributed by atoms with Crippen LogP contribution in [-0.2, 0) is 0 Å². The maximum Gasteiger partial charge on any atom is 0.271 e. The molecule has 5 nitrogen and oxygen atoms in total. The van der Waals surface area contributed by atoms with Crippen LogP contribution in [0.4, 0.5) is 0 Å². The predicted octanol–water partition coefficient (Wildman–Crippen LogP) is 2.59. The molecule has 0 unspecified atom stereocenters. The summed E-state index contributed by atoms with van der Waals surface area (Å²) in [4.78, 5) is 17.8. The van der Waals surface area contributed by atoms with E-state index in [0.717, 1.165) is 22.6 Å². The number of amides is 1. The summed E-state index contributed by atoms with van der Waals surface area (Å²) >= 11 is 0. The molecule has 0 radical (unpaired) electrons. The number of aliphatic hydroxyl groups excluding tert-OH is 1. The molecule has 2 atom stereocenters. The van der Waals surface area contributed by atoms with Crippen LogP contribution in [-0.4, -0.2) is 40.7 Å². The lowest BCUT2D eigenvalue weighted by Crippen LogP contribution is -2.32. The molecule has 5 heteroatoms. The molecule has 23 heavy (non-hydrogen) atoms. The second-order valence-electron chi connectivity index (χ2n) is 6.15. The van der Waals surface area contributed by atoms with Crippen molar-refractivity contribution < 1.29 is 14.6 Å². The van der Waals surface area contributed by atoms with Crippen LogP contribution in [0.15, 0.2) is 30.3 Å². The minimum atomic E-state index is -0.508. The molecule has 2 heterocycles. The molecule has 1 amide bonds. The van der Waals surface area contributed by atoms with Gasteiger partial charge >= 0.3 is 0 Å². The molecule has 1 aromatic heterocycles. The quantitative estimate of drug-likeness (QED) is 0.915. The van der Waals surface area contributed by atoms with Gasteiger partial charge < -0.3 is 19.7 Å². The highest BCUT2D eigenvalue weighted by Gasteiger charge is 2.36. The fraction of sp³-hybridized carbons (Fsp3) is 0.389. The maximum absolute atomic E-state index is 12.9. The van der Waals surface area contributed by atoms with E-state index in [2.05, 4.69) is 4.98 Å². The van der Waals surface area contributed by atoms with Crippen molar-refractivity contribution in [2.45, 2.75) is 32.4 Å². The molecule has 0 saturated carbocycles. The summed E-state index contributed by atoms with van der Waals surface area (Å²) in [5.74, 6) is 0.683. The van der Waals surface area contributed by atoms with E-state index in [4.69, 9.17) is 4.74 Å². The van der Waals surface area contributed by atoms with Gasteiger partial charge in [0.2, 0.25) is 0 Å². The number of aromatic nitrogens is 1. The number of likely N-dealkylation sites (tertiary alicyclic amines) is 1. The highest BCUT2D eigenvalue weighted by molar-refractivity contribution is 5.94.